The fourth-order valence-electron chi connectivity index (χ4n) is 1.25. The molecule has 0 atom stereocenters. The minimum Gasteiger partial charge on any atom is -0.496 e. The van der Waals surface area contributed by atoms with Gasteiger partial charge in [0.25, 0.3) is 5.89 Å². The van der Waals surface area contributed by atoms with Gasteiger partial charge in [-0.2, -0.15) is 0 Å². The maximum Gasteiger partial charge on any atom is 0.257 e. The third-order valence-corrected chi connectivity index (χ3v) is 3.05. The first kappa shape index (κ1) is 12.1. The maximum absolute atomic E-state index is 5.55. The predicted molar refractivity (Wildman–Crippen MR) is 66.1 cm³/mol. The highest BCUT2D eigenvalue weighted by atomic mass is 32.1. The predicted octanol–water partition coefficient (Wildman–Crippen LogP) is 2.30. The van der Waals surface area contributed by atoms with Gasteiger partial charge < -0.3 is 14.5 Å². The molecular formula is C11H15N3O2S. The Bertz CT molecular complexity index is 479. The van der Waals surface area contributed by atoms with Crippen LogP contribution in [-0.2, 0) is 6.54 Å². The van der Waals surface area contributed by atoms with Crippen molar-refractivity contribution in [3.05, 3.63) is 17.3 Å². The molecule has 92 valence electrons. The number of ether oxygens (including phenoxy) is 1. The van der Waals surface area contributed by atoms with Crippen molar-refractivity contribution in [1.29, 1.82) is 0 Å². The first-order valence-corrected chi connectivity index (χ1v) is 6.25. The van der Waals surface area contributed by atoms with Crippen LogP contribution in [0.4, 0.5) is 0 Å². The van der Waals surface area contributed by atoms with E-state index in [2.05, 4.69) is 29.4 Å². The fourth-order valence-corrected chi connectivity index (χ4v) is 2.03. The molecule has 0 aromatic carbocycles. The summed E-state index contributed by atoms with van der Waals surface area (Å²) in [5.41, 5.74) is 0. The Morgan fingerprint density at radius 2 is 2.29 bits per heavy atom. The number of nitrogens with one attached hydrogen (secondary N) is 1. The van der Waals surface area contributed by atoms with Crippen LogP contribution in [0.15, 0.2) is 15.9 Å². The second-order valence-electron chi connectivity index (χ2n) is 3.89. The van der Waals surface area contributed by atoms with Gasteiger partial charge in [0.15, 0.2) is 0 Å². The lowest BCUT2D eigenvalue weighted by Gasteiger charge is -2.03. The van der Waals surface area contributed by atoms with Crippen molar-refractivity contribution in [1.82, 2.24) is 15.5 Å². The van der Waals surface area contributed by atoms with E-state index in [0.717, 1.165) is 10.6 Å². The lowest BCUT2D eigenvalue weighted by Crippen LogP contribution is -2.21. The molecule has 0 saturated heterocycles. The van der Waals surface area contributed by atoms with Crippen LogP contribution in [0.2, 0.25) is 0 Å². The summed E-state index contributed by atoms with van der Waals surface area (Å²) in [5, 5.41) is 13.1. The number of hydrogen-bond donors (Lipinski definition) is 1. The van der Waals surface area contributed by atoms with Gasteiger partial charge in [-0.3, -0.25) is 0 Å². The average Bonchev–Trinajstić information content (AvgIpc) is 2.94. The lowest BCUT2D eigenvalue weighted by molar-refractivity contribution is 0.416. The molecule has 2 heterocycles. The number of rotatable bonds is 5. The molecule has 2 rings (SSSR count). The highest BCUT2D eigenvalue weighted by Crippen LogP contribution is 2.29. The Kier molecular flexibility index (Phi) is 3.75. The zero-order valence-electron chi connectivity index (χ0n) is 10.1. The normalized spacial score (nSPS) is 11.1. The van der Waals surface area contributed by atoms with Crippen LogP contribution in [0, 0.1) is 0 Å². The van der Waals surface area contributed by atoms with E-state index in [-0.39, 0.29) is 0 Å². The van der Waals surface area contributed by atoms with E-state index in [4.69, 9.17) is 9.15 Å². The zero-order chi connectivity index (χ0) is 12.3. The minimum atomic E-state index is 0.396. The van der Waals surface area contributed by atoms with Crippen LogP contribution in [-0.4, -0.2) is 23.3 Å². The van der Waals surface area contributed by atoms with E-state index in [1.807, 2.05) is 11.4 Å². The SMILES string of the molecule is COc1csc(-c2nnc(CNC(C)C)o2)c1. The molecule has 0 unspecified atom stereocenters. The summed E-state index contributed by atoms with van der Waals surface area (Å²) in [5.74, 6) is 1.95. The van der Waals surface area contributed by atoms with Gasteiger partial charge >= 0.3 is 0 Å². The van der Waals surface area contributed by atoms with Crippen LogP contribution >= 0.6 is 11.3 Å². The van der Waals surface area contributed by atoms with Crippen LogP contribution in [0.25, 0.3) is 10.8 Å². The summed E-state index contributed by atoms with van der Waals surface area (Å²) in [6.07, 6.45) is 0. The molecule has 2 aromatic rings. The van der Waals surface area contributed by atoms with Crippen molar-refractivity contribution < 1.29 is 9.15 Å². The van der Waals surface area contributed by atoms with Crippen molar-refractivity contribution in [2.24, 2.45) is 0 Å². The Balaban J connectivity index is 2.07. The summed E-state index contributed by atoms with van der Waals surface area (Å²) >= 11 is 1.52. The van der Waals surface area contributed by atoms with Crippen molar-refractivity contribution in [2.75, 3.05) is 7.11 Å². The quantitative estimate of drug-likeness (QED) is 0.886. The molecule has 0 aliphatic carbocycles. The largest absolute Gasteiger partial charge is 0.496 e. The number of aromatic nitrogens is 2. The van der Waals surface area contributed by atoms with Gasteiger partial charge in [-0.1, -0.05) is 13.8 Å². The van der Waals surface area contributed by atoms with Crippen molar-refractivity contribution in [3.63, 3.8) is 0 Å². The van der Waals surface area contributed by atoms with Gasteiger partial charge in [0.05, 0.1) is 18.5 Å². The minimum absolute atomic E-state index is 0.396. The monoisotopic (exact) mass is 253 g/mol. The van der Waals surface area contributed by atoms with E-state index < -0.39 is 0 Å². The second-order valence-corrected chi connectivity index (χ2v) is 4.80. The molecule has 0 radical (unpaired) electrons. The van der Waals surface area contributed by atoms with Gasteiger partial charge in [-0.05, 0) is 0 Å². The summed E-state index contributed by atoms with van der Waals surface area (Å²) in [7, 11) is 1.64. The third-order valence-electron chi connectivity index (χ3n) is 2.15. The van der Waals surface area contributed by atoms with Gasteiger partial charge in [0.1, 0.15) is 5.75 Å². The van der Waals surface area contributed by atoms with Gasteiger partial charge in [-0.25, -0.2) is 0 Å². The summed E-state index contributed by atoms with van der Waals surface area (Å²) in [6.45, 7) is 4.73. The fraction of sp³-hybridized carbons (Fsp3) is 0.455. The Morgan fingerprint density at radius 3 is 2.94 bits per heavy atom. The number of thiophene rings is 1. The molecule has 6 heteroatoms. The molecule has 2 aromatic heterocycles. The molecular weight excluding hydrogens is 238 g/mol. The average molecular weight is 253 g/mol. The Hall–Kier alpha value is -1.40. The van der Waals surface area contributed by atoms with E-state index >= 15 is 0 Å². The van der Waals surface area contributed by atoms with Crippen LogP contribution < -0.4 is 10.1 Å². The zero-order valence-corrected chi connectivity index (χ0v) is 10.9. The van der Waals surface area contributed by atoms with E-state index in [9.17, 15) is 0 Å². The molecule has 0 aliphatic rings. The number of methoxy groups -OCH3 is 1. The molecule has 5 nitrogen and oxygen atoms in total. The molecule has 0 fully saturated rings. The summed E-state index contributed by atoms with van der Waals surface area (Å²) in [4.78, 5) is 0.921. The van der Waals surface area contributed by atoms with Crippen LogP contribution in [0.1, 0.15) is 19.7 Å². The maximum atomic E-state index is 5.55. The van der Waals surface area contributed by atoms with Crippen LogP contribution in [0.5, 0.6) is 5.75 Å². The highest BCUT2D eigenvalue weighted by molar-refractivity contribution is 7.13. The van der Waals surface area contributed by atoms with Gasteiger partial charge in [-0.15, -0.1) is 21.5 Å². The summed E-state index contributed by atoms with van der Waals surface area (Å²) < 4.78 is 10.7. The standard InChI is InChI=1S/C11H15N3O2S/c1-7(2)12-5-10-13-14-11(16-10)9-4-8(15-3)6-17-9/h4,6-7,12H,5H2,1-3H3. The molecule has 0 aliphatic heterocycles. The summed E-state index contributed by atoms with van der Waals surface area (Å²) in [6, 6.07) is 2.28. The molecule has 0 amide bonds. The number of hydrogen-bond acceptors (Lipinski definition) is 6. The molecule has 0 bridgehead atoms. The number of nitrogens with zero attached hydrogens (tertiary/aromatic N) is 2. The van der Waals surface area contributed by atoms with Crippen LogP contribution in [0.3, 0.4) is 0 Å². The third kappa shape index (κ3) is 3.04. The molecule has 0 spiro atoms. The van der Waals surface area contributed by atoms with Gasteiger partial charge in [0.2, 0.25) is 5.89 Å². The molecule has 17 heavy (non-hydrogen) atoms. The van der Waals surface area contributed by atoms with Crippen molar-refractivity contribution >= 4 is 11.3 Å². The first-order chi connectivity index (χ1) is 8.19. The molecule has 0 saturated carbocycles. The molecule has 1 N–H and O–H groups in total. The topological polar surface area (TPSA) is 60.2 Å². The first-order valence-electron chi connectivity index (χ1n) is 5.37. The van der Waals surface area contributed by atoms with Gasteiger partial charge in [0, 0.05) is 17.5 Å². The Labute approximate surface area is 104 Å². The van der Waals surface area contributed by atoms with Crippen molar-refractivity contribution in [3.8, 4) is 16.5 Å². The Morgan fingerprint density at radius 1 is 1.47 bits per heavy atom. The smallest absolute Gasteiger partial charge is 0.257 e. The lowest BCUT2D eigenvalue weighted by atomic mass is 10.4. The van der Waals surface area contributed by atoms with E-state index in [0.29, 0.717) is 24.4 Å². The second kappa shape index (κ2) is 5.29. The van der Waals surface area contributed by atoms with E-state index in [1.165, 1.54) is 11.3 Å². The highest BCUT2D eigenvalue weighted by Gasteiger charge is 2.11. The van der Waals surface area contributed by atoms with Crippen molar-refractivity contribution in [2.45, 2.75) is 26.4 Å². The van der Waals surface area contributed by atoms with E-state index in [1.54, 1.807) is 7.11 Å².